The predicted octanol–water partition coefficient (Wildman–Crippen LogP) is 3.47. The molecule has 3 N–H and O–H groups in total. The van der Waals surface area contributed by atoms with E-state index in [1.807, 2.05) is 13.0 Å². The van der Waals surface area contributed by atoms with Crippen molar-refractivity contribution < 1.29 is 9.13 Å². The van der Waals surface area contributed by atoms with Crippen LogP contribution in [0.5, 0.6) is 5.75 Å². The second-order valence-electron chi connectivity index (χ2n) is 4.05. The van der Waals surface area contributed by atoms with Gasteiger partial charge in [-0.3, -0.25) is 0 Å². The topological polar surface area (TPSA) is 47.3 Å². The number of nitrogens with two attached hydrogens (primary N) is 1. The molecule has 3 nitrogen and oxygen atoms in total. The average molecular weight is 246 g/mol. The lowest BCUT2D eigenvalue weighted by atomic mass is 10.1. The van der Waals surface area contributed by atoms with Crippen LogP contribution in [0.3, 0.4) is 0 Å². The van der Waals surface area contributed by atoms with Crippen LogP contribution in [0.2, 0.25) is 0 Å². The molecule has 0 atom stereocenters. The molecule has 0 amide bonds. The molecule has 2 aromatic carbocycles. The van der Waals surface area contributed by atoms with Gasteiger partial charge in [-0.25, -0.2) is 4.39 Å². The molecule has 0 bridgehead atoms. The minimum Gasteiger partial charge on any atom is -0.497 e. The van der Waals surface area contributed by atoms with E-state index < -0.39 is 0 Å². The van der Waals surface area contributed by atoms with Gasteiger partial charge in [0.25, 0.3) is 0 Å². The highest BCUT2D eigenvalue weighted by molar-refractivity contribution is 5.68. The Morgan fingerprint density at radius 2 is 2.00 bits per heavy atom. The van der Waals surface area contributed by atoms with E-state index in [1.165, 1.54) is 6.07 Å². The smallest absolute Gasteiger partial charge is 0.146 e. The van der Waals surface area contributed by atoms with Crippen molar-refractivity contribution in [2.75, 3.05) is 18.2 Å². The minimum atomic E-state index is -0.295. The maximum Gasteiger partial charge on any atom is 0.146 e. The number of hydrogen-bond acceptors (Lipinski definition) is 3. The number of rotatable bonds is 3. The van der Waals surface area contributed by atoms with Crippen LogP contribution in [0.15, 0.2) is 36.4 Å². The van der Waals surface area contributed by atoms with Crippen molar-refractivity contribution >= 4 is 17.1 Å². The van der Waals surface area contributed by atoms with E-state index in [-0.39, 0.29) is 5.82 Å². The quantitative estimate of drug-likeness (QED) is 0.815. The Morgan fingerprint density at radius 1 is 1.22 bits per heavy atom. The molecule has 18 heavy (non-hydrogen) atoms. The summed E-state index contributed by atoms with van der Waals surface area (Å²) in [6.07, 6.45) is 0. The van der Waals surface area contributed by atoms with Crippen LogP contribution in [0, 0.1) is 12.7 Å². The third-order valence-corrected chi connectivity index (χ3v) is 2.66. The van der Waals surface area contributed by atoms with E-state index in [0.717, 1.165) is 5.56 Å². The lowest BCUT2D eigenvalue weighted by Gasteiger charge is -2.12. The van der Waals surface area contributed by atoms with Gasteiger partial charge in [0.05, 0.1) is 12.8 Å². The lowest BCUT2D eigenvalue weighted by molar-refractivity contribution is 0.415. The summed E-state index contributed by atoms with van der Waals surface area (Å²) >= 11 is 0. The van der Waals surface area contributed by atoms with Crippen molar-refractivity contribution in [3.05, 3.63) is 47.8 Å². The molecule has 4 heteroatoms. The summed E-state index contributed by atoms with van der Waals surface area (Å²) in [5, 5.41) is 3.02. The highest BCUT2D eigenvalue weighted by Crippen LogP contribution is 2.28. The second-order valence-corrected chi connectivity index (χ2v) is 4.05. The first kappa shape index (κ1) is 12.2. The van der Waals surface area contributed by atoms with Crippen LogP contribution < -0.4 is 15.8 Å². The van der Waals surface area contributed by atoms with Gasteiger partial charge < -0.3 is 15.8 Å². The Hall–Kier alpha value is -2.23. The highest BCUT2D eigenvalue weighted by atomic mass is 19.1. The number of ether oxygens (including phenoxy) is 1. The molecule has 94 valence electrons. The van der Waals surface area contributed by atoms with Gasteiger partial charge in [0.15, 0.2) is 0 Å². The van der Waals surface area contributed by atoms with Crippen LogP contribution in [0.1, 0.15) is 5.56 Å². The molecule has 0 unspecified atom stereocenters. The van der Waals surface area contributed by atoms with E-state index in [0.29, 0.717) is 22.8 Å². The minimum absolute atomic E-state index is 0.295. The van der Waals surface area contributed by atoms with Gasteiger partial charge in [-0.15, -0.1) is 0 Å². The Labute approximate surface area is 105 Å². The van der Waals surface area contributed by atoms with Gasteiger partial charge in [-0.2, -0.15) is 0 Å². The van der Waals surface area contributed by atoms with E-state index in [1.54, 1.807) is 31.4 Å². The fourth-order valence-corrected chi connectivity index (χ4v) is 1.75. The molecular formula is C14H15FN2O. The summed E-state index contributed by atoms with van der Waals surface area (Å²) in [5.41, 5.74) is 8.29. The van der Waals surface area contributed by atoms with Crippen LogP contribution >= 0.6 is 0 Å². The number of para-hydroxylation sites is 1. The molecule has 0 aliphatic rings. The van der Waals surface area contributed by atoms with Crippen LogP contribution in [0.25, 0.3) is 0 Å². The molecule has 0 radical (unpaired) electrons. The van der Waals surface area contributed by atoms with E-state index in [2.05, 4.69) is 5.32 Å². The predicted molar refractivity (Wildman–Crippen MR) is 71.8 cm³/mol. The number of methoxy groups -OCH3 is 1. The molecular weight excluding hydrogens is 231 g/mol. The largest absolute Gasteiger partial charge is 0.497 e. The van der Waals surface area contributed by atoms with Crippen LogP contribution in [-0.2, 0) is 0 Å². The van der Waals surface area contributed by atoms with Crippen molar-refractivity contribution in [3.8, 4) is 5.75 Å². The molecule has 0 aliphatic carbocycles. The lowest BCUT2D eigenvalue weighted by Crippen LogP contribution is -1.98. The standard InChI is InChI=1S/C14H15FN2O/c1-9-4-3-5-13(15)14(9)17-11-6-10(16)7-12(8-11)18-2/h3-8,17H,16H2,1-2H3. The Morgan fingerprint density at radius 3 is 2.67 bits per heavy atom. The molecule has 2 rings (SSSR count). The number of nitrogens with one attached hydrogen (secondary N) is 1. The number of nitrogen functional groups attached to an aromatic ring is 1. The second kappa shape index (κ2) is 4.96. The number of hydrogen-bond donors (Lipinski definition) is 2. The summed E-state index contributed by atoms with van der Waals surface area (Å²) < 4.78 is 18.8. The van der Waals surface area contributed by atoms with Gasteiger partial charge in [-0.05, 0) is 24.6 Å². The Kier molecular flexibility index (Phi) is 3.37. The SMILES string of the molecule is COc1cc(N)cc(Nc2c(C)cccc2F)c1. The molecule has 0 heterocycles. The summed E-state index contributed by atoms with van der Waals surface area (Å²) in [7, 11) is 1.56. The first-order valence-corrected chi connectivity index (χ1v) is 5.57. The maximum absolute atomic E-state index is 13.7. The van der Waals surface area contributed by atoms with Crippen LogP contribution in [-0.4, -0.2) is 7.11 Å². The van der Waals surface area contributed by atoms with Crippen molar-refractivity contribution in [2.45, 2.75) is 6.92 Å². The molecule has 0 saturated carbocycles. The van der Waals surface area contributed by atoms with E-state index >= 15 is 0 Å². The highest BCUT2D eigenvalue weighted by Gasteiger charge is 2.06. The van der Waals surface area contributed by atoms with Crippen molar-refractivity contribution in [1.29, 1.82) is 0 Å². The molecule has 2 aromatic rings. The van der Waals surface area contributed by atoms with Gasteiger partial charge in [0, 0.05) is 23.5 Å². The normalized spacial score (nSPS) is 10.2. The van der Waals surface area contributed by atoms with Crippen molar-refractivity contribution in [1.82, 2.24) is 0 Å². The average Bonchev–Trinajstić information content (AvgIpc) is 2.33. The van der Waals surface area contributed by atoms with E-state index in [9.17, 15) is 4.39 Å². The third-order valence-electron chi connectivity index (χ3n) is 2.66. The zero-order chi connectivity index (χ0) is 13.1. The summed E-state index contributed by atoms with van der Waals surface area (Å²) in [6, 6.07) is 10.1. The van der Waals surface area contributed by atoms with E-state index in [4.69, 9.17) is 10.5 Å². The zero-order valence-corrected chi connectivity index (χ0v) is 10.3. The van der Waals surface area contributed by atoms with Crippen molar-refractivity contribution in [3.63, 3.8) is 0 Å². The number of anilines is 3. The number of aryl methyl sites for hydroxylation is 1. The van der Waals surface area contributed by atoms with Crippen molar-refractivity contribution in [2.24, 2.45) is 0 Å². The molecule has 0 saturated heterocycles. The summed E-state index contributed by atoms with van der Waals surface area (Å²) in [5.74, 6) is 0.336. The first-order chi connectivity index (χ1) is 8.60. The molecule has 0 aliphatic heterocycles. The fraction of sp³-hybridized carbons (Fsp3) is 0.143. The number of halogens is 1. The summed E-state index contributed by atoms with van der Waals surface area (Å²) in [6.45, 7) is 1.84. The third kappa shape index (κ3) is 2.53. The number of benzene rings is 2. The maximum atomic E-state index is 13.7. The van der Waals surface area contributed by atoms with Gasteiger partial charge in [0.1, 0.15) is 11.6 Å². The summed E-state index contributed by atoms with van der Waals surface area (Å²) in [4.78, 5) is 0. The molecule has 0 fully saturated rings. The fourth-order valence-electron chi connectivity index (χ4n) is 1.75. The van der Waals surface area contributed by atoms with Gasteiger partial charge in [-0.1, -0.05) is 12.1 Å². The van der Waals surface area contributed by atoms with Gasteiger partial charge in [0.2, 0.25) is 0 Å². The molecule has 0 aromatic heterocycles. The van der Waals surface area contributed by atoms with Gasteiger partial charge >= 0.3 is 0 Å². The molecule has 0 spiro atoms. The monoisotopic (exact) mass is 246 g/mol. The first-order valence-electron chi connectivity index (χ1n) is 5.57. The van der Waals surface area contributed by atoms with Crippen LogP contribution in [0.4, 0.5) is 21.5 Å². The Bertz CT molecular complexity index is 549. The Balaban J connectivity index is 2.37. The zero-order valence-electron chi connectivity index (χ0n) is 10.3.